The molecule has 1 aliphatic heterocycles. The van der Waals surface area contributed by atoms with E-state index in [-0.39, 0.29) is 6.04 Å². The largest absolute Gasteiger partial charge is 0.497 e. The Kier molecular flexibility index (Phi) is 7.37. The van der Waals surface area contributed by atoms with Crippen LogP contribution < -0.4 is 4.74 Å². The number of benzene rings is 3. The number of tetrazole rings is 1. The molecule has 1 fully saturated rings. The second-order valence-electron chi connectivity index (χ2n) is 8.79. The molecule has 0 unspecified atom stereocenters. The normalized spacial score (nSPS) is 15.7. The molecule has 0 radical (unpaired) electrons. The number of halogens is 1. The number of methoxy groups -OCH3 is 1. The van der Waals surface area contributed by atoms with Crippen molar-refractivity contribution in [2.24, 2.45) is 0 Å². The highest BCUT2D eigenvalue weighted by atomic mass is 35.5. The maximum absolute atomic E-state index is 6.21. The molecular weight excluding hydrogens is 460 g/mol. The van der Waals surface area contributed by atoms with Crippen LogP contribution in [0.2, 0.25) is 5.02 Å². The van der Waals surface area contributed by atoms with Gasteiger partial charge in [0, 0.05) is 37.7 Å². The highest BCUT2D eigenvalue weighted by Gasteiger charge is 2.30. The van der Waals surface area contributed by atoms with Gasteiger partial charge in [0.15, 0.2) is 5.82 Å². The standard InChI is InChI=1S/C27H29ClN6O/c1-35-25-13-7-22(8-14-25)20-34-27(29-30-31-34)26(23-9-11-24(28)12-10-23)33-17-15-32(16-18-33)19-21-5-3-2-4-6-21/h2-14,26H,15-20H2,1H3/t26-/m0/s1. The van der Waals surface area contributed by atoms with Crippen molar-refractivity contribution in [3.8, 4) is 5.75 Å². The first-order chi connectivity index (χ1) is 17.2. The van der Waals surface area contributed by atoms with Crippen LogP contribution in [0.1, 0.15) is 28.6 Å². The summed E-state index contributed by atoms with van der Waals surface area (Å²) in [6.45, 7) is 5.38. The lowest BCUT2D eigenvalue weighted by atomic mass is 10.0. The quantitative estimate of drug-likeness (QED) is 0.369. The lowest BCUT2D eigenvalue weighted by Crippen LogP contribution is -2.48. The summed E-state index contributed by atoms with van der Waals surface area (Å²) in [7, 11) is 1.67. The number of ether oxygens (including phenoxy) is 1. The van der Waals surface area contributed by atoms with Crippen molar-refractivity contribution in [3.63, 3.8) is 0 Å². The van der Waals surface area contributed by atoms with Crippen LogP contribution >= 0.6 is 11.6 Å². The molecule has 3 aromatic carbocycles. The van der Waals surface area contributed by atoms with Gasteiger partial charge in [0.05, 0.1) is 19.7 Å². The van der Waals surface area contributed by atoms with Crippen molar-refractivity contribution in [1.82, 2.24) is 30.0 Å². The average Bonchev–Trinajstić information content (AvgIpc) is 3.35. The van der Waals surface area contributed by atoms with Gasteiger partial charge >= 0.3 is 0 Å². The zero-order chi connectivity index (χ0) is 24.0. The van der Waals surface area contributed by atoms with E-state index in [4.69, 9.17) is 16.3 Å². The third-order valence-electron chi connectivity index (χ3n) is 6.50. The van der Waals surface area contributed by atoms with Gasteiger partial charge in [-0.1, -0.05) is 66.2 Å². The maximum Gasteiger partial charge on any atom is 0.173 e. The fourth-order valence-corrected chi connectivity index (χ4v) is 4.74. The molecule has 0 amide bonds. The molecule has 35 heavy (non-hydrogen) atoms. The van der Waals surface area contributed by atoms with E-state index in [2.05, 4.69) is 67.8 Å². The first-order valence-electron chi connectivity index (χ1n) is 11.8. The Labute approximate surface area is 210 Å². The topological polar surface area (TPSA) is 59.3 Å². The summed E-state index contributed by atoms with van der Waals surface area (Å²) in [5.74, 6) is 1.66. The Morgan fingerprint density at radius 3 is 2.20 bits per heavy atom. The molecule has 8 heteroatoms. The molecule has 0 bridgehead atoms. The molecule has 1 aromatic heterocycles. The van der Waals surface area contributed by atoms with Gasteiger partial charge in [-0.3, -0.25) is 9.80 Å². The van der Waals surface area contributed by atoms with Crippen molar-refractivity contribution in [2.45, 2.75) is 19.1 Å². The molecular formula is C27H29ClN6O. The van der Waals surface area contributed by atoms with E-state index in [1.54, 1.807) is 7.11 Å². The molecule has 1 saturated heterocycles. The lowest BCUT2D eigenvalue weighted by molar-refractivity contribution is 0.100. The summed E-state index contributed by atoms with van der Waals surface area (Å²) >= 11 is 6.21. The minimum atomic E-state index is -0.0561. The van der Waals surface area contributed by atoms with Crippen LogP contribution in [-0.2, 0) is 13.1 Å². The predicted molar refractivity (Wildman–Crippen MR) is 136 cm³/mol. The highest BCUT2D eigenvalue weighted by Crippen LogP contribution is 2.29. The summed E-state index contributed by atoms with van der Waals surface area (Å²) in [5.41, 5.74) is 3.59. The van der Waals surface area contributed by atoms with E-state index in [1.807, 2.05) is 41.1 Å². The van der Waals surface area contributed by atoms with Crippen molar-refractivity contribution in [3.05, 3.63) is 106 Å². The van der Waals surface area contributed by atoms with Gasteiger partial charge in [-0.05, 0) is 51.4 Å². The van der Waals surface area contributed by atoms with Crippen LogP contribution in [0.25, 0.3) is 0 Å². The van der Waals surface area contributed by atoms with Crippen molar-refractivity contribution < 1.29 is 4.74 Å². The van der Waals surface area contributed by atoms with E-state index >= 15 is 0 Å². The smallest absolute Gasteiger partial charge is 0.173 e. The predicted octanol–water partition coefficient (Wildman–Crippen LogP) is 4.29. The van der Waals surface area contributed by atoms with Gasteiger partial charge in [0.1, 0.15) is 5.75 Å². The summed E-state index contributed by atoms with van der Waals surface area (Å²) in [4.78, 5) is 4.98. The molecule has 5 rings (SSSR count). The highest BCUT2D eigenvalue weighted by molar-refractivity contribution is 6.30. The Bertz CT molecular complexity index is 1200. The van der Waals surface area contributed by atoms with Crippen molar-refractivity contribution in [2.75, 3.05) is 33.3 Å². The summed E-state index contributed by atoms with van der Waals surface area (Å²) in [5, 5.41) is 13.6. The third kappa shape index (κ3) is 5.70. The van der Waals surface area contributed by atoms with E-state index < -0.39 is 0 Å². The molecule has 0 N–H and O–H groups in total. The second kappa shape index (κ2) is 11.0. The number of aromatic nitrogens is 4. The van der Waals surface area contributed by atoms with E-state index in [0.29, 0.717) is 6.54 Å². The Hall–Kier alpha value is -3.26. The van der Waals surface area contributed by atoms with Gasteiger partial charge in [-0.15, -0.1) is 5.10 Å². The van der Waals surface area contributed by atoms with Crippen LogP contribution in [-0.4, -0.2) is 63.3 Å². The van der Waals surface area contributed by atoms with Crippen LogP contribution in [0.15, 0.2) is 78.9 Å². The molecule has 0 aliphatic carbocycles. The molecule has 1 atom stereocenters. The average molecular weight is 489 g/mol. The fourth-order valence-electron chi connectivity index (χ4n) is 4.61. The zero-order valence-corrected chi connectivity index (χ0v) is 20.6. The molecule has 7 nitrogen and oxygen atoms in total. The van der Waals surface area contributed by atoms with Gasteiger partial charge in [0.25, 0.3) is 0 Å². The SMILES string of the molecule is COc1ccc(Cn2nnnc2[C@H](c2ccc(Cl)cc2)N2CCN(Cc3ccccc3)CC2)cc1. The number of piperazine rings is 1. The van der Waals surface area contributed by atoms with Crippen molar-refractivity contribution >= 4 is 11.6 Å². The number of hydrogen-bond acceptors (Lipinski definition) is 6. The van der Waals surface area contributed by atoms with Crippen LogP contribution in [0.3, 0.4) is 0 Å². The maximum atomic E-state index is 6.21. The van der Waals surface area contributed by atoms with E-state index in [9.17, 15) is 0 Å². The number of nitrogens with zero attached hydrogens (tertiary/aromatic N) is 6. The Morgan fingerprint density at radius 2 is 1.51 bits per heavy atom. The van der Waals surface area contributed by atoms with Gasteiger partial charge in [0.2, 0.25) is 0 Å². The monoisotopic (exact) mass is 488 g/mol. The van der Waals surface area contributed by atoms with Crippen LogP contribution in [0.5, 0.6) is 5.75 Å². The minimum Gasteiger partial charge on any atom is -0.497 e. The van der Waals surface area contributed by atoms with Crippen molar-refractivity contribution in [1.29, 1.82) is 0 Å². The number of rotatable bonds is 8. The Morgan fingerprint density at radius 1 is 0.829 bits per heavy atom. The van der Waals surface area contributed by atoms with Gasteiger partial charge in [-0.25, -0.2) is 4.68 Å². The zero-order valence-electron chi connectivity index (χ0n) is 19.8. The van der Waals surface area contributed by atoms with Crippen LogP contribution in [0.4, 0.5) is 0 Å². The van der Waals surface area contributed by atoms with Crippen LogP contribution in [0, 0.1) is 0 Å². The van der Waals surface area contributed by atoms with Gasteiger partial charge < -0.3 is 4.74 Å². The van der Waals surface area contributed by atoms with E-state index in [1.165, 1.54) is 5.56 Å². The fraction of sp³-hybridized carbons (Fsp3) is 0.296. The second-order valence-corrected chi connectivity index (χ2v) is 9.23. The summed E-state index contributed by atoms with van der Waals surface area (Å²) in [6.07, 6.45) is 0. The molecule has 1 aliphatic rings. The Balaban J connectivity index is 1.37. The summed E-state index contributed by atoms with van der Waals surface area (Å²) in [6, 6.07) is 26.6. The summed E-state index contributed by atoms with van der Waals surface area (Å²) < 4.78 is 7.19. The minimum absolute atomic E-state index is 0.0561. The first kappa shape index (κ1) is 23.5. The van der Waals surface area contributed by atoms with E-state index in [0.717, 1.165) is 60.4 Å². The van der Waals surface area contributed by atoms with Gasteiger partial charge in [-0.2, -0.15) is 0 Å². The molecule has 180 valence electrons. The molecule has 2 heterocycles. The number of hydrogen-bond donors (Lipinski definition) is 0. The molecule has 4 aromatic rings. The third-order valence-corrected chi connectivity index (χ3v) is 6.75. The molecule has 0 spiro atoms. The lowest BCUT2D eigenvalue weighted by Gasteiger charge is -2.39. The first-order valence-corrected chi connectivity index (χ1v) is 12.2. The molecule has 0 saturated carbocycles.